The van der Waals surface area contributed by atoms with Gasteiger partial charge in [0.25, 0.3) is 5.69 Å². The quantitative estimate of drug-likeness (QED) is 0.277. The van der Waals surface area contributed by atoms with Gasteiger partial charge < -0.3 is 9.47 Å². The van der Waals surface area contributed by atoms with E-state index in [1.54, 1.807) is 30.3 Å². The van der Waals surface area contributed by atoms with Gasteiger partial charge in [0.05, 0.1) is 29.7 Å². The van der Waals surface area contributed by atoms with Crippen LogP contribution in [0.5, 0.6) is 11.5 Å². The first-order valence-corrected chi connectivity index (χ1v) is 10.0. The molecular formula is C23H19ClFN3O5. The Hall–Kier alpha value is -3.98. The summed E-state index contributed by atoms with van der Waals surface area (Å²) in [5, 5.41) is 15.2. The molecule has 0 aliphatic carbocycles. The van der Waals surface area contributed by atoms with E-state index in [1.807, 2.05) is 0 Å². The molecule has 0 radical (unpaired) electrons. The molecule has 8 nitrogen and oxygen atoms in total. The van der Waals surface area contributed by atoms with Gasteiger partial charge in [-0.1, -0.05) is 41.9 Å². The third-order valence-electron chi connectivity index (χ3n) is 4.47. The largest absolute Gasteiger partial charge is 0.493 e. The first-order chi connectivity index (χ1) is 15.9. The highest BCUT2D eigenvalue weighted by Gasteiger charge is 2.15. The van der Waals surface area contributed by atoms with Gasteiger partial charge in [-0.05, 0) is 35.4 Å². The Labute approximate surface area is 193 Å². The molecule has 1 amide bonds. The predicted molar refractivity (Wildman–Crippen MR) is 121 cm³/mol. The van der Waals surface area contributed by atoms with Crippen molar-refractivity contribution in [2.45, 2.75) is 13.0 Å². The molecule has 170 valence electrons. The van der Waals surface area contributed by atoms with E-state index < -0.39 is 10.8 Å². The first kappa shape index (κ1) is 23.7. The normalized spacial score (nSPS) is 10.8. The number of nitrogens with one attached hydrogen (secondary N) is 1. The van der Waals surface area contributed by atoms with Crippen LogP contribution in [0.3, 0.4) is 0 Å². The molecule has 3 aromatic rings. The number of benzene rings is 3. The van der Waals surface area contributed by atoms with Crippen molar-refractivity contribution in [1.29, 1.82) is 0 Å². The van der Waals surface area contributed by atoms with E-state index in [0.717, 1.165) is 0 Å². The lowest BCUT2D eigenvalue weighted by atomic mass is 10.1. The van der Waals surface area contributed by atoms with Gasteiger partial charge in [-0.25, -0.2) is 9.82 Å². The third kappa shape index (κ3) is 6.50. The zero-order chi connectivity index (χ0) is 23.8. The predicted octanol–water partition coefficient (Wildman–Crippen LogP) is 4.67. The summed E-state index contributed by atoms with van der Waals surface area (Å²) in [5.41, 5.74) is 3.61. The number of carbonyl (C=O) groups excluding carboxylic acids is 1. The number of ether oxygens (including phenoxy) is 2. The Balaban J connectivity index is 1.65. The van der Waals surface area contributed by atoms with Crippen LogP contribution in [-0.4, -0.2) is 24.2 Å². The summed E-state index contributed by atoms with van der Waals surface area (Å²) in [7, 11) is 1.44. The second-order valence-electron chi connectivity index (χ2n) is 6.81. The zero-order valence-electron chi connectivity index (χ0n) is 17.5. The Bertz CT molecular complexity index is 1200. The standard InChI is InChI=1S/C23H19ClFN3O5/c1-32-21-11-16(10-19(24)23(21)33-14-15-5-4-7-18(25)9-15)13-26-27-22(29)12-17-6-2-3-8-20(17)28(30)31/h2-11,13H,12,14H2,1H3,(H,27,29)/b26-13+. The molecule has 3 aromatic carbocycles. The molecule has 0 saturated heterocycles. The number of hydrazone groups is 1. The maximum Gasteiger partial charge on any atom is 0.273 e. The van der Waals surface area contributed by atoms with E-state index >= 15 is 0 Å². The molecule has 3 rings (SSSR count). The summed E-state index contributed by atoms with van der Waals surface area (Å²) >= 11 is 6.31. The Morgan fingerprint density at radius 1 is 1.21 bits per heavy atom. The maximum atomic E-state index is 13.3. The minimum Gasteiger partial charge on any atom is -0.493 e. The monoisotopic (exact) mass is 471 g/mol. The van der Waals surface area contributed by atoms with Crippen LogP contribution in [0.1, 0.15) is 16.7 Å². The van der Waals surface area contributed by atoms with Crippen LogP contribution in [-0.2, 0) is 17.8 Å². The first-order valence-electron chi connectivity index (χ1n) is 9.66. The van der Waals surface area contributed by atoms with E-state index in [4.69, 9.17) is 21.1 Å². The van der Waals surface area contributed by atoms with Gasteiger partial charge in [0.2, 0.25) is 5.91 Å². The molecule has 0 aromatic heterocycles. The molecule has 1 N–H and O–H groups in total. The number of hydrogen-bond donors (Lipinski definition) is 1. The second-order valence-corrected chi connectivity index (χ2v) is 7.22. The summed E-state index contributed by atoms with van der Waals surface area (Å²) < 4.78 is 24.4. The van der Waals surface area contributed by atoms with Gasteiger partial charge >= 0.3 is 0 Å². The summed E-state index contributed by atoms with van der Waals surface area (Å²) in [6.45, 7) is 0.0863. The number of halogens is 2. The van der Waals surface area contributed by atoms with E-state index in [9.17, 15) is 19.3 Å². The van der Waals surface area contributed by atoms with E-state index in [-0.39, 0.29) is 40.9 Å². The van der Waals surface area contributed by atoms with Gasteiger partial charge in [-0.2, -0.15) is 5.10 Å². The molecule has 0 atom stereocenters. The zero-order valence-corrected chi connectivity index (χ0v) is 18.2. The average Bonchev–Trinajstić information content (AvgIpc) is 2.78. The molecule has 0 unspecified atom stereocenters. The van der Waals surface area contributed by atoms with Gasteiger partial charge in [0, 0.05) is 11.6 Å². The molecule has 0 bridgehead atoms. The smallest absolute Gasteiger partial charge is 0.273 e. The minimum atomic E-state index is -0.544. The number of amides is 1. The lowest BCUT2D eigenvalue weighted by Crippen LogP contribution is -2.20. The maximum absolute atomic E-state index is 13.3. The lowest BCUT2D eigenvalue weighted by Gasteiger charge is -2.13. The van der Waals surface area contributed by atoms with E-state index in [0.29, 0.717) is 16.9 Å². The molecular weight excluding hydrogens is 453 g/mol. The molecule has 0 fully saturated rings. The minimum absolute atomic E-state index is 0.0863. The average molecular weight is 472 g/mol. The van der Waals surface area contributed by atoms with Crippen LogP contribution >= 0.6 is 11.6 Å². The van der Waals surface area contributed by atoms with E-state index in [1.165, 1.54) is 43.7 Å². The van der Waals surface area contributed by atoms with Crippen LogP contribution in [0.4, 0.5) is 10.1 Å². The number of nitro benzene ring substituents is 1. The Morgan fingerprint density at radius 3 is 2.73 bits per heavy atom. The second kappa shape index (κ2) is 11.1. The molecule has 0 aliphatic rings. The number of carbonyl (C=O) groups is 1. The van der Waals surface area contributed by atoms with Crippen molar-refractivity contribution in [3.8, 4) is 11.5 Å². The molecule has 0 heterocycles. The Kier molecular flexibility index (Phi) is 7.93. The lowest BCUT2D eigenvalue weighted by molar-refractivity contribution is -0.385. The number of nitro groups is 1. The third-order valence-corrected chi connectivity index (χ3v) is 4.75. The number of hydrogen-bond acceptors (Lipinski definition) is 6. The van der Waals surface area contributed by atoms with Crippen LogP contribution in [0, 0.1) is 15.9 Å². The molecule has 0 spiro atoms. The summed E-state index contributed by atoms with van der Waals surface area (Å²) in [4.78, 5) is 22.6. The fourth-order valence-corrected chi connectivity index (χ4v) is 3.24. The topological polar surface area (TPSA) is 103 Å². The van der Waals surface area contributed by atoms with Crippen molar-refractivity contribution in [2.24, 2.45) is 5.10 Å². The van der Waals surface area contributed by atoms with Gasteiger partial charge in [-0.15, -0.1) is 0 Å². The van der Waals surface area contributed by atoms with Gasteiger partial charge in [0.1, 0.15) is 12.4 Å². The molecule has 10 heteroatoms. The number of rotatable bonds is 9. The number of para-hydroxylation sites is 1. The van der Waals surface area contributed by atoms with Gasteiger partial charge in [-0.3, -0.25) is 14.9 Å². The number of nitrogens with zero attached hydrogens (tertiary/aromatic N) is 2. The fourth-order valence-electron chi connectivity index (χ4n) is 2.97. The van der Waals surface area contributed by atoms with Crippen molar-refractivity contribution in [1.82, 2.24) is 5.43 Å². The van der Waals surface area contributed by atoms with Gasteiger partial charge in [0.15, 0.2) is 11.5 Å². The van der Waals surface area contributed by atoms with Crippen molar-refractivity contribution in [3.05, 3.63) is 98.3 Å². The summed E-state index contributed by atoms with van der Waals surface area (Å²) in [5.74, 6) is -0.286. The van der Waals surface area contributed by atoms with Crippen LogP contribution in [0.2, 0.25) is 5.02 Å². The highest BCUT2D eigenvalue weighted by atomic mass is 35.5. The fraction of sp³-hybridized carbons (Fsp3) is 0.130. The van der Waals surface area contributed by atoms with Crippen LogP contribution < -0.4 is 14.9 Å². The summed E-state index contributed by atoms with van der Waals surface area (Å²) in [6, 6.07) is 15.1. The molecule has 33 heavy (non-hydrogen) atoms. The Morgan fingerprint density at radius 2 is 2.00 bits per heavy atom. The highest BCUT2D eigenvalue weighted by Crippen LogP contribution is 2.36. The van der Waals surface area contributed by atoms with Crippen molar-refractivity contribution in [3.63, 3.8) is 0 Å². The van der Waals surface area contributed by atoms with Crippen LogP contribution in [0.15, 0.2) is 65.8 Å². The van der Waals surface area contributed by atoms with Crippen molar-refractivity contribution < 1.29 is 23.6 Å². The van der Waals surface area contributed by atoms with Crippen molar-refractivity contribution >= 4 is 29.4 Å². The van der Waals surface area contributed by atoms with E-state index in [2.05, 4.69) is 10.5 Å². The van der Waals surface area contributed by atoms with Crippen LogP contribution in [0.25, 0.3) is 0 Å². The molecule has 0 aliphatic heterocycles. The highest BCUT2D eigenvalue weighted by molar-refractivity contribution is 6.32. The SMILES string of the molecule is COc1cc(/C=N/NC(=O)Cc2ccccc2[N+](=O)[O-])cc(Cl)c1OCc1cccc(F)c1. The summed E-state index contributed by atoms with van der Waals surface area (Å²) in [6.07, 6.45) is 1.15. The molecule has 0 saturated carbocycles. The van der Waals surface area contributed by atoms with Crippen molar-refractivity contribution in [2.75, 3.05) is 7.11 Å². The number of methoxy groups -OCH3 is 1.